The Hall–Kier alpha value is -1.12. The second-order valence-electron chi connectivity index (χ2n) is 4.88. The lowest BCUT2D eigenvalue weighted by Gasteiger charge is -2.20. The van der Waals surface area contributed by atoms with Crippen LogP contribution in [0.15, 0.2) is 12.2 Å². The summed E-state index contributed by atoms with van der Waals surface area (Å²) in [7, 11) is 0. The minimum atomic E-state index is -0.357. The van der Waals surface area contributed by atoms with Crippen molar-refractivity contribution >= 4 is 11.8 Å². The quantitative estimate of drug-likeness (QED) is 0.514. The Bertz CT molecular complexity index is 298. The van der Waals surface area contributed by atoms with Crippen molar-refractivity contribution in [3.8, 4) is 0 Å². The minimum absolute atomic E-state index is 0.269. The van der Waals surface area contributed by atoms with E-state index in [0.717, 1.165) is 12.8 Å². The zero-order chi connectivity index (χ0) is 12.2. The average molecular weight is 224 g/mol. The van der Waals surface area contributed by atoms with Gasteiger partial charge in [-0.15, -0.1) is 0 Å². The molecule has 0 N–H and O–H groups in total. The topological polar surface area (TPSA) is 43.4 Å². The Morgan fingerprint density at radius 1 is 1.38 bits per heavy atom. The maximum absolute atomic E-state index is 11.9. The highest BCUT2D eigenvalue weighted by atomic mass is 16.5. The van der Waals surface area contributed by atoms with E-state index in [1.165, 1.54) is 6.08 Å². The van der Waals surface area contributed by atoms with E-state index < -0.39 is 0 Å². The van der Waals surface area contributed by atoms with E-state index in [9.17, 15) is 9.59 Å². The molecule has 16 heavy (non-hydrogen) atoms. The van der Waals surface area contributed by atoms with Gasteiger partial charge in [0.25, 0.3) is 0 Å². The van der Waals surface area contributed by atoms with Crippen LogP contribution in [0.4, 0.5) is 0 Å². The molecule has 0 aromatic carbocycles. The fraction of sp³-hybridized carbons (Fsp3) is 0.692. The van der Waals surface area contributed by atoms with Crippen LogP contribution in [0.25, 0.3) is 0 Å². The van der Waals surface area contributed by atoms with Crippen molar-refractivity contribution in [2.45, 2.75) is 40.0 Å². The van der Waals surface area contributed by atoms with Gasteiger partial charge in [-0.3, -0.25) is 4.79 Å². The van der Waals surface area contributed by atoms with Crippen molar-refractivity contribution in [2.24, 2.45) is 11.3 Å². The summed E-state index contributed by atoms with van der Waals surface area (Å²) in [4.78, 5) is 22.9. The predicted octanol–water partition coefficient (Wildman–Crippen LogP) is 2.50. The first kappa shape index (κ1) is 12.9. The highest BCUT2D eigenvalue weighted by molar-refractivity contribution is 5.88. The van der Waals surface area contributed by atoms with Crippen molar-refractivity contribution in [2.75, 3.05) is 6.61 Å². The van der Waals surface area contributed by atoms with Crippen LogP contribution in [-0.4, -0.2) is 18.4 Å². The molecule has 0 spiro atoms. The number of rotatable bonds is 6. The molecule has 1 rings (SSSR count). The summed E-state index contributed by atoms with van der Waals surface area (Å²) in [6.45, 7) is 6.02. The molecule has 0 aromatic rings. The van der Waals surface area contributed by atoms with Gasteiger partial charge in [0.05, 0.1) is 6.61 Å². The third kappa shape index (κ3) is 3.80. The molecule has 0 radical (unpaired) electrons. The van der Waals surface area contributed by atoms with Gasteiger partial charge in [0.15, 0.2) is 0 Å². The van der Waals surface area contributed by atoms with Gasteiger partial charge in [-0.25, -0.2) is 4.79 Å². The third-order valence-electron chi connectivity index (χ3n) is 2.78. The number of ketones is 1. The molecule has 0 heterocycles. The van der Waals surface area contributed by atoms with E-state index >= 15 is 0 Å². The molecule has 1 fully saturated rings. The first-order chi connectivity index (χ1) is 7.47. The van der Waals surface area contributed by atoms with E-state index in [4.69, 9.17) is 4.74 Å². The Morgan fingerprint density at radius 3 is 2.50 bits per heavy atom. The van der Waals surface area contributed by atoms with E-state index in [2.05, 4.69) is 0 Å². The van der Waals surface area contributed by atoms with E-state index in [1.807, 2.05) is 13.8 Å². The fourth-order valence-electron chi connectivity index (χ4n) is 1.64. The van der Waals surface area contributed by atoms with E-state index in [0.29, 0.717) is 18.8 Å². The van der Waals surface area contributed by atoms with Crippen molar-refractivity contribution in [3.05, 3.63) is 12.2 Å². The van der Waals surface area contributed by atoms with Crippen LogP contribution < -0.4 is 0 Å². The molecule has 1 aliphatic carbocycles. The Labute approximate surface area is 96.9 Å². The van der Waals surface area contributed by atoms with Gasteiger partial charge in [0.2, 0.25) is 0 Å². The molecule has 0 amide bonds. The summed E-state index contributed by atoms with van der Waals surface area (Å²) in [6.07, 6.45) is 5.80. The molecule has 0 bridgehead atoms. The largest absolute Gasteiger partial charge is 0.463 e. The molecule has 0 saturated heterocycles. The third-order valence-corrected chi connectivity index (χ3v) is 2.78. The highest BCUT2D eigenvalue weighted by Gasteiger charge is 2.38. The molecule has 0 aliphatic heterocycles. The molecule has 3 heteroatoms. The van der Waals surface area contributed by atoms with Gasteiger partial charge in [0.1, 0.15) is 5.78 Å². The number of esters is 1. The molecule has 0 atom stereocenters. The van der Waals surface area contributed by atoms with Gasteiger partial charge in [-0.1, -0.05) is 19.9 Å². The number of ether oxygens (including phenoxy) is 1. The van der Waals surface area contributed by atoms with Crippen molar-refractivity contribution in [1.29, 1.82) is 0 Å². The van der Waals surface area contributed by atoms with Crippen molar-refractivity contribution in [1.82, 2.24) is 0 Å². The summed E-state index contributed by atoms with van der Waals surface area (Å²) >= 11 is 0. The van der Waals surface area contributed by atoms with Gasteiger partial charge in [-0.05, 0) is 26.2 Å². The zero-order valence-corrected chi connectivity index (χ0v) is 10.3. The molecule has 1 saturated carbocycles. The number of hydrogen-bond acceptors (Lipinski definition) is 3. The highest BCUT2D eigenvalue weighted by Crippen LogP contribution is 2.38. The summed E-state index contributed by atoms with van der Waals surface area (Å²) in [5.74, 6) is 0.254. The first-order valence-electron chi connectivity index (χ1n) is 5.85. The molecular weight excluding hydrogens is 204 g/mol. The van der Waals surface area contributed by atoms with Crippen LogP contribution in [0.5, 0.6) is 0 Å². The summed E-state index contributed by atoms with van der Waals surface area (Å²) in [5, 5.41) is 0. The van der Waals surface area contributed by atoms with Gasteiger partial charge < -0.3 is 4.74 Å². The zero-order valence-electron chi connectivity index (χ0n) is 10.3. The lowest BCUT2D eigenvalue weighted by molar-refractivity contribution is -0.137. The Balaban J connectivity index is 2.40. The van der Waals surface area contributed by atoms with Crippen LogP contribution in [0, 0.1) is 11.3 Å². The smallest absolute Gasteiger partial charge is 0.330 e. The van der Waals surface area contributed by atoms with Crippen LogP contribution in [0.2, 0.25) is 0 Å². The summed E-state index contributed by atoms with van der Waals surface area (Å²) in [6, 6.07) is 0. The summed E-state index contributed by atoms with van der Waals surface area (Å²) < 4.78 is 4.77. The summed E-state index contributed by atoms with van der Waals surface area (Å²) in [5.41, 5.74) is -0.357. The number of carbonyl (C=O) groups is 2. The lowest BCUT2D eigenvalue weighted by Crippen LogP contribution is -2.25. The normalized spacial score (nSPS) is 16.4. The molecule has 0 unspecified atom stereocenters. The molecule has 3 nitrogen and oxygen atoms in total. The molecule has 90 valence electrons. The Morgan fingerprint density at radius 2 is 2.00 bits per heavy atom. The lowest BCUT2D eigenvalue weighted by atomic mass is 9.82. The van der Waals surface area contributed by atoms with Gasteiger partial charge >= 0.3 is 5.97 Å². The molecular formula is C13H20O3. The van der Waals surface area contributed by atoms with Gasteiger partial charge in [-0.2, -0.15) is 0 Å². The van der Waals surface area contributed by atoms with Crippen molar-refractivity contribution in [3.63, 3.8) is 0 Å². The molecule has 0 aromatic heterocycles. The van der Waals surface area contributed by atoms with E-state index in [-0.39, 0.29) is 17.3 Å². The standard InChI is InChI=1S/C13H20O3/c1-4-16-11(14)6-5-9-13(2,3)12(15)10-7-8-10/h5-6,10H,4,7-9H2,1-3H3/b6-5+. The van der Waals surface area contributed by atoms with Crippen molar-refractivity contribution < 1.29 is 14.3 Å². The molecule has 1 aliphatic rings. The van der Waals surface area contributed by atoms with Gasteiger partial charge in [0, 0.05) is 17.4 Å². The average Bonchev–Trinajstić information content (AvgIpc) is 3.00. The minimum Gasteiger partial charge on any atom is -0.463 e. The SMILES string of the molecule is CCOC(=O)/C=C/CC(C)(C)C(=O)C1CC1. The number of hydrogen-bond donors (Lipinski definition) is 0. The van der Waals surface area contributed by atoms with Crippen LogP contribution in [0.1, 0.15) is 40.0 Å². The predicted molar refractivity (Wildman–Crippen MR) is 61.9 cm³/mol. The number of Topliss-reactive ketones (excluding diaryl/α,β-unsaturated/α-hetero) is 1. The fourth-order valence-corrected chi connectivity index (χ4v) is 1.64. The number of carbonyl (C=O) groups excluding carboxylic acids is 2. The van der Waals surface area contributed by atoms with E-state index in [1.54, 1.807) is 13.0 Å². The Kier molecular flexibility index (Phi) is 4.27. The maximum atomic E-state index is 11.9. The number of allylic oxidation sites excluding steroid dienone is 1. The maximum Gasteiger partial charge on any atom is 0.330 e. The van der Waals surface area contributed by atoms with Crippen LogP contribution in [0.3, 0.4) is 0 Å². The second kappa shape index (κ2) is 5.28. The second-order valence-corrected chi connectivity index (χ2v) is 4.88. The van der Waals surface area contributed by atoms with Crippen LogP contribution in [-0.2, 0) is 14.3 Å². The monoisotopic (exact) mass is 224 g/mol. The van der Waals surface area contributed by atoms with Crippen LogP contribution >= 0.6 is 0 Å². The first-order valence-corrected chi connectivity index (χ1v) is 5.85.